The molecule has 17 heavy (non-hydrogen) atoms. The molecule has 0 bridgehead atoms. The number of hydrogen-bond acceptors (Lipinski definition) is 5. The highest BCUT2D eigenvalue weighted by Crippen LogP contribution is 2.47. The van der Waals surface area contributed by atoms with Crippen LogP contribution in [-0.2, 0) is 13.6 Å². The molecule has 0 aromatic carbocycles. The molecule has 0 amide bonds. The van der Waals surface area contributed by atoms with Crippen molar-refractivity contribution in [1.29, 1.82) is 0 Å². The van der Waals surface area contributed by atoms with Gasteiger partial charge >= 0.3 is 7.75 Å². The van der Waals surface area contributed by atoms with Crippen LogP contribution in [0.2, 0.25) is 0 Å². The molecule has 0 N–H and O–H groups in total. The van der Waals surface area contributed by atoms with E-state index in [1.165, 1.54) is 6.20 Å². The van der Waals surface area contributed by atoms with Gasteiger partial charge in [0.05, 0.1) is 23.9 Å². The molecule has 0 spiro atoms. The van der Waals surface area contributed by atoms with E-state index in [9.17, 15) is 9.36 Å². The molecule has 0 saturated carbocycles. The van der Waals surface area contributed by atoms with Crippen LogP contribution in [0.4, 0.5) is 0 Å². The Kier molecular flexibility index (Phi) is 5.53. The van der Waals surface area contributed by atoms with Crippen molar-refractivity contribution in [3.8, 4) is 0 Å². The van der Waals surface area contributed by atoms with Gasteiger partial charge in [-0.1, -0.05) is 0 Å². The lowest BCUT2D eigenvalue weighted by Crippen LogP contribution is -2.24. The highest BCUT2D eigenvalue weighted by Gasteiger charge is 2.30. The second kappa shape index (κ2) is 6.24. The van der Waals surface area contributed by atoms with Gasteiger partial charge in [0.15, 0.2) is 0 Å². The molecule has 0 unspecified atom stereocenters. The van der Waals surface area contributed by atoms with Crippen LogP contribution in [0.5, 0.6) is 0 Å². The summed E-state index contributed by atoms with van der Waals surface area (Å²) in [6.07, 6.45) is 1.34. The lowest BCUT2D eigenvalue weighted by atomic mass is 10.6. The largest absolute Gasteiger partial charge is 0.458 e. The average Bonchev–Trinajstić information content (AvgIpc) is 2.26. The summed E-state index contributed by atoms with van der Waals surface area (Å²) >= 11 is 6.20. The van der Waals surface area contributed by atoms with Crippen LogP contribution in [0.1, 0.15) is 13.8 Å². The summed E-state index contributed by atoms with van der Waals surface area (Å²) in [6.45, 7) is 3.62. The van der Waals surface area contributed by atoms with Gasteiger partial charge in [0.25, 0.3) is 5.56 Å². The van der Waals surface area contributed by atoms with Gasteiger partial charge in [0.2, 0.25) is 0 Å². The Morgan fingerprint density at radius 2 is 1.88 bits per heavy atom. The van der Waals surface area contributed by atoms with Crippen molar-refractivity contribution in [2.75, 3.05) is 13.2 Å². The zero-order valence-corrected chi connectivity index (χ0v) is 13.3. The highest BCUT2D eigenvalue weighted by atomic mass is 79.9. The van der Waals surface area contributed by atoms with E-state index in [1.54, 1.807) is 13.8 Å². The van der Waals surface area contributed by atoms with E-state index in [-0.39, 0.29) is 17.7 Å². The van der Waals surface area contributed by atoms with Crippen molar-refractivity contribution in [3.05, 3.63) is 25.5 Å². The Morgan fingerprint density at radius 1 is 1.35 bits per heavy atom. The third-order valence-electron chi connectivity index (χ3n) is 1.68. The topological polar surface area (TPSA) is 70.4 Å². The Hall–Kier alpha value is -0.0100. The van der Waals surface area contributed by atoms with Gasteiger partial charge in [-0.2, -0.15) is 5.10 Å². The summed E-state index contributed by atoms with van der Waals surface area (Å²) in [5.74, 6) is 0. The van der Waals surface area contributed by atoms with Gasteiger partial charge in [-0.05, 0) is 45.7 Å². The van der Waals surface area contributed by atoms with Crippen molar-refractivity contribution in [2.45, 2.75) is 13.8 Å². The second-order valence-corrected chi connectivity index (χ2v) is 6.28. The third kappa shape index (κ3) is 3.26. The standard InChI is InChI=1S/C8H11Br2N2O4P/c1-3-15-17(14,16-4-2)12-8(13)7(10)6(9)5-11-12/h5H,3-4H2,1-2H3. The van der Waals surface area contributed by atoms with Gasteiger partial charge in [0, 0.05) is 0 Å². The van der Waals surface area contributed by atoms with Crippen LogP contribution in [0.15, 0.2) is 19.9 Å². The fourth-order valence-corrected chi connectivity index (χ4v) is 3.17. The number of nitrogens with zero attached hydrogens (tertiary/aromatic N) is 2. The van der Waals surface area contributed by atoms with Crippen LogP contribution in [0.25, 0.3) is 0 Å². The monoisotopic (exact) mass is 388 g/mol. The van der Waals surface area contributed by atoms with Crippen LogP contribution < -0.4 is 5.56 Å². The molecule has 1 aromatic heterocycles. The number of halogens is 2. The molecule has 0 aliphatic rings. The highest BCUT2D eigenvalue weighted by molar-refractivity contribution is 9.13. The molecule has 1 heterocycles. The molecule has 9 heteroatoms. The summed E-state index contributed by atoms with van der Waals surface area (Å²) in [7, 11) is -3.71. The predicted molar refractivity (Wildman–Crippen MR) is 70.2 cm³/mol. The smallest absolute Gasteiger partial charge is 0.291 e. The van der Waals surface area contributed by atoms with Crippen molar-refractivity contribution in [2.24, 2.45) is 0 Å². The molecule has 0 aliphatic carbocycles. The van der Waals surface area contributed by atoms with Crippen molar-refractivity contribution in [3.63, 3.8) is 0 Å². The van der Waals surface area contributed by atoms with Crippen LogP contribution in [0, 0.1) is 0 Å². The zero-order valence-electron chi connectivity index (χ0n) is 9.22. The summed E-state index contributed by atoms with van der Waals surface area (Å²) < 4.78 is 23.8. The summed E-state index contributed by atoms with van der Waals surface area (Å²) in [5.41, 5.74) is -0.579. The SMILES string of the molecule is CCOP(=O)(OCC)n1ncc(Br)c(Br)c1=O. The lowest BCUT2D eigenvalue weighted by molar-refractivity contribution is 0.207. The maximum Gasteiger partial charge on any atom is 0.458 e. The van der Waals surface area contributed by atoms with E-state index in [0.29, 0.717) is 4.47 Å². The maximum absolute atomic E-state index is 12.3. The normalized spacial score (nSPS) is 11.8. The first-order valence-corrected chi connectivity index (χ1v) is 7.87. The first-order chi connectivity index (χ1) is 7.96. The molecule has 0 saturated heterocycles. The molecule has 6 nitrogen and oxygen atoms in total. The molecule has 96 valence electrons. The molecule has 0 fully saturated rings. The summed E-state index contributed by atoms with van der Waals surface area (Å²) in [5, 5.41) is 3.76. The Labute approximate surface area is 115 Å². The molecule has 1 aromatic rings. The molecule has 0 atom stereocenters. The van der Waals surface area contributed by atoms with E-state index in [4.69, 9.17) is 9.05 Å². The van der Waals surface area contributed by atoms with Gasteiger partial charge < -0.3 is 0 Å². The maximum atomic E-state index is 12.3. The molecular weight excluding hydrogens is 379 g/mol. The number of hydrogen-bond donors (Lipinski definition) is 0. The fraction of sp³-hybridized carbons (Fsp3) is 0.500. The van der Waals surface area contributed by atoms with Crippen molar-refractivity contribution in [1.82, 2.24) is 9.55 Å². The lowest BCUT2D eigenvalue weighted by Gasteiger charge is -2.17. The molecule has 1 rings (SSSR count). The van der Waals surface area contributed by atoms with Gasteiger partial charge in [-0.3, -0.25) is 13.8 Å². The van der Waals surface area contributed by atoms with E-state index in [1.807, 2.05) is 0 Å². The molecular formula is C8H11Br2N2O4P. The van der Waals surface area contributed by atoms with E-state index in [2.05, 4.69) is 37.0 Å². The minimum absolute atomic E-state index is 0.152. The number of rotatable bonds is 5. The Morgan fingerprint density at radius 3 is 2.35 bits per heavy atom. The average molecular weight is 390 g/mol. The van der Waals surface area contributed by atoms with E-state index >= 15 is 0 Å². The second-order valence-electron chi connectivity index (χ2n) is 2.81. The van der Waals surface area contributed by atoms with Crippen molar-refractivity contribution < 1.29 is 13.6 Å². The predicted octanol–water partition coefficient (Wildman–Crippen LogP) is 2.80. The minimum Gasteiger partial charge on any atom is -0.291 e. The first kappa shape index (κ1) is 15.0. The minimum atomic E-state index is -3.71. The molecule has 0 radical (unpaired) electrons. The van der Waals surface area contributed by atoms with Gasteiger partial charge in [-0.15, -0.1) is 4.45 Å². The molecule has 0 aliphatic heterocycles. The van der Waals surface area contributed by atoms with Crippen LogP contribution in [-0.4, -0.2) is 22.8 Å². The zero-order chi connectivity index (χ0) is 13.1. The Bertz CT molecular complexity index is 495. The first-order valence-electron chi connectivity index (χ1n) is 4.79. The summed E-state index contributed by atoms with van der Waals surface area (Å²) in [6, 6.07) is 0. The third-order valence-corrected chi connectivity index (χ3v) is 5.49. The van der Waals surface area contributed by atoms with Gasteiger partial charge in [0.1, 0.15) is 4.47 Å². The van der Waals surface area contributed by atoms with Crippen LogP contribution in [0.3, 0.4) is 0 Å². The summed E-state index contributed by atoms with van der Waals surface area (Å²) in [4.78, 5) is 11.9. The van der Waals surface area contributed by atoms with Gasteiger partial charge in [-0.25, -0.2) is 4.57 Å². The van der Waals surface area contributed by atoms with E-state index in [0.717, 1.165) is 4.45 Å². The quantitative estimate of drug-likeness (QED) is 0.724. The van der Waals surface area contributed by atoms with Crippen molar-refractivity contribution >= 4 is 39.6 Å². The Balaban J connectivity index is 3.35. The number of aromatic nitrogens is 2. The van der Waals surface area contributed by atoms with E-state index < -0.39 is 13.3 Å². The van der Waals surface area contributed by atoms with Crippen LogP contribution >= 0.6 is 39.6 Å². The fourth-order valence-electron chi connectivity index (χ4n) is 1.05.